The van der Waals surface area contributed by atoms with Crippen molar-refractivity contribution < 1.29 is 14.4 Å². The molecule has 4 aromatic carbocycles. The van der Waals surface area contributed by atoms with Gasteiger partial charge in [0.1, 0.15) is 22.2 Å². The maximum atomic E-state index is 6.32. The molecule has 0 aliphatic rings. The second-order valence-electron chi connectivity index (χ2n) is 10.0. The molecule has 182 valence electrons. The number of aromatic amines is 2. The summed E-state index contributed by atoms with van der Waals surface area (Å²) in [5, 5.41) is 4.61. The van der Waals surface area contributed by atoms with Crippen molar-refractivity contribution in [1.82, 2.24) is 9.13 Å². The third-order valence-electron chi connectivity index (χ3n) is 7.93. The SMILES string of the molecule is c1ccc2c(c1)c1[nH+]cccc1n2-c1ccc2oc3ccc(-n4c5ccccc5c5[nH+]cccc54)cc3c2c1. The second kappa shape index (κ2) is 7.55. The molecule has 39 heavy (non-hydrogen) atoms. The van der Waals surface area contributed by atoms with Gasteiger partial charge in [-0.05, 0) is 72.8 Å². The van der Waals surface area contributed by atoms with Crippen molar-refractivity contribution in [3.63, 3.8) is 0 Å². The fourth-order valence-corrected chi connectivity index (χ4v) is 6.27. The lowest BCUT2D eigenvalue weighted by Crippen LogP contribution is -2.01. The van der Waals surface area contributed by atoms with Gasteiger partial charge in [-0.25, -0.2) is 9.97 Å². The Bertz CT molecular complexity index is 2130. The Balaban J connectivity index is 1.32. The zero-order valence-corrected chi connectivity index (χ0v) is 20.8. The summed E-state index contributed by atoms with van der Waals surface area (Å²) in [5.41, 5.74) is 10.9. The van der Waals surface area contributed by atoms with Gasteiger partial charge in [-0.1, -0.05) is 24.3 Å². The van der Waals surface area contributed by atoms with E-state index in [9.17, 15) is 0 Å². The van der Waals surface area contributed by atoms with Gasteiger partial charge in [-0.2, -0.15) is 0 Å². The van der Waals surface area contributed by atoms with Gasteiger partial charge in [-0.15, -0.1) is 0 Å². The Kier molecular flexibility index (Phi) is 3.99. The minimum Gasteiger partial charge on any atom is -0.456 e. The summed E-state index contributed by atoms with van der Waals surface area (Å²) in [6, 6.07) is 38.5. The van der Waals surface area contributed by atoms with Crippen LogP contribution in [0.4, 0.5) is 0 Å². The van der Waals surface area contributed by atoms with Crippen molar-refractivity contribution in [3.8, 4) is 11.4 Å². The van der Waals surface area contributed by atoms with Crippen molar-refractivity contribution >= 4 is 65.8 Å². The molecule has 9 aromatic rings. The summed E-state index contributed by atoms with van der Waals surface area (Å²) in [7, 11) is 0. The number of para-hydroxylation sites is 2. The highest BCUT2D eigenvalue weighted by molar-refractivity contribution is 6.10. The summed E-state index contributed by atoms with van der Waals surface area (Å²) in [5.74, 6) is 0. The van der Waals surface area contributed by atoms with Gasteiger partial charge in [0.25, 0.3) is 0 Å². The summed E-state index contributed by atoms with van der Waals surface area (Å²) in [4.78, 5) is 6.91. The van der Waals surface area contributed by atoms with Crippen molar-refractivity contribution in [1.29, 1.82) is 0 Å². The predicted molar refractivity (Wildman–Crippen MR) is 156 cm³/mol. The number of furan rings is 1. The summed E-state index contributed by atoms with van der Waals surface area (Å²) < 4.78 is 11.0. The highest BCUT2D eigenvalue weighted by Crippen LogP contribution is 2.36. The number of hydrogen-bond donors (Lipinski definition) is 0. The minimum absolute atomic E-state index is 0.883. The number of benzene rings is 4. The third kappa shape index (κ3) is 2.79. The molecule has 0 fully saturated rings. The zero-order valence-electron chi connectivity index (χ0n) is 20.8. The van der Waals surface area contributed by atoms with E-state index in [1.54, 1.807) is 0 Å². The van der Waals surface area contributed by atoms with Gasteiger partial charge in [-0.3, -0.25) is 0 Å². The minimum atomic E-state index is 0.883. The molecule has 0 unspecified atom stereocenters. The fraction of sp³-hybridized carbons (Fsp3) is 0. The molecular weight excluding hydrogens is 480 g/mol. The molecule has 0 aliphatic heterocycles. The van der Waals surface area contributed by atoms with Crippen molar-refractivity contribution in [2.24, 2.45) is 0 Å². The standard InChI is InChI=1S/C34H20N4O/c1-3-9-27-23(7-1)33-29(11-5-17-35-33)37(27)21-13-15-31-25(19-21)26-20-22(14-16-32(26)39-31)38-28-10-4-2-8-24(28)34-30(38)12-6-18-36-34/h1-20H/p+2. The number of pyridine rings is 2. The molecule has 0 radical (unpaired) electrons. The van der Waals surface area contributed by atoms with Crippen LogP contribution >= 0.6 is 0 Å². The molecule has 0 atom stereocenters. The second-order valence-corrected chi connectivity index (χ2v) is 10.0. The van der Waals surface area contributed by atoms with E-state index in [4.69, 9.17) is 4.42 Å². The summed E-state index contributed by atoms with van der Waals surface area (Å²) in [6.45, 7) is 0. The van der Waals surface area contributed by atoms with Crippen LogP contribution in [0.25, 0.3) is 77.2 Å². The van der Waals surface area contributed by atoms with Gasteiger partial charge < -0.3 is 13.6 Å². The van der Waals surface area contributed by atoms with Crippen LogP contribution < -0.4 is 9.97 Å². The highest BCUT2D eigenvalue weighted by Gasteiger charge is 2.19. The molecule has 2 N–H and O–H groups in total. The normalized spacial score (nSPS) is 12.1. The van der Waals surface area contributed by atoms with E-state index in [0.29, 0.717) is 0 Å². The molecule has 5 heteroatoms. The number of aromatic nitrogens is 4. The van der Waals surface area contributed by atoms with Crippen LogP contribution in [-0.4, -0.2) is 9.13 Å². The molecular formula is C34H22N4O+2. The largest absolute Gasteiger partial charge is 0.456 e. The number of fused-ring (bicyclic) bond motifs is 9. The van der Waals surface area contributed by atoms with Gasteiger partial charge in [0.15, 0.2) is 12.4 Å². The molecule has 0 saturated heterocycles. The summed E-state index contributed by atoms with van der Waals surface area (Å²) >= 11 is 0. The maximum absolute atomic E-state index is 6.32. The highest BCUT2D eigenvalue weighted by atomic mass is 16.3. The monoisotopic (exact) mass is 502 g/mol. The Morgan fingerprint density at radius 2 is 0.897 bits per heavy atom. The average Bonchev–Trinajstić information content (AvgIpc) is 3.64. The molecule has 0 bridgehead atoms. The van der Waals surface area contributed by atoms with Crippen molar-refractivity contribution in [2.75, 3.05) is 0 Å². The Morgan fingerprint density at radius 1 is 0.436 bits per heavy atom. The first-order valence-corrected chi connectivity index (χ1v) is 13.1. The van der Waals surface area contributed by atoms with E-state index in [1.165, 1.54) is 21.8 Å². The van der Waals surface area contributed by atoms with Crippen LogP contribution in [0.2, 0.25) is 0 Å². The van der Waals surface area contributed by atoms with Crippen LogP contribution in [0.1, 0.15) is 0 Å². The van der Waals surface area contributed by atoms with Gasteiger partial charge >= 0.3 is 0 Å². The maximum Gasteiger partial charge on any atom is 0.237 e. The van der Waals surface area contributed by atoms with Crippen LogP contribution in [0.3, 0.4) is 0 Å². The summed E-state index contributed by atoms with van der Waals surface area (Å²) in [6.07, 6.45) is 3.97. The first-order valence-electron chi connectivity index (χ1n) is 13.1. The fourth-order valence-electron chi connectivity index (χ4n) is 6.27. The van der Waals surface area contributed by atoms with Crippen molar-refractivity contribution in [3.05, 3.63) is 122 Å². The lowest BCUT2D eigenvalue weighted by molar-refractivity contribution is -0.343. The smallest absolute Gasteiger partial charge is 0.237 e. The van der Waals surface area contributed by atoms with E-state index in [-0.39, 0.29) is 0 Å². The Hall–Kier alpha value is -5.42. The van der Waals surface area contributed by atoms with Gasteiger partial charge in [0.05, 0.1) is 21.8 Å². The number of H-pyrrole nitrogens is 2. The van der Waals surface area contributed by atoms with Crippen molar-refractivity contribution in [2.45, 2.75) is 0 Å². The molecule has 0 spiro atoms. The van der Waals surface area contributed by atoms with Crippen LogP contribution in [0.15, 0.2) is 126 Å². The quantitative estimate of drug-likeness (QED) is 0.243. The first-order chi connectivity index (χ1) is 19.3. The molecule has 9 rings (SSSR count). The number of nitrogens with zero attached hydrogens (tertiary/aromatic N) is 2. The van der Waals surface area contributed by atoms with E-state index < -0.39 is 0 Å². The Labute approximate surface area is 222 Å². The number of rotatable bonds is 2. The lowest BCUT2D eigenvalue weighted by Gasteiger charge is -2.08. The molecule has 0 saturated carbocycles. The molecule has 5 heterocycles. The van der Waals surface area contributed by atoms with Crippen LogP contribution in [0, 0.1) is 0 Å². The van der Waals surface area contributed by atoms with Crippen LogP contribution in [0.5, 0.6) is 0 Å². The first kappa shape index (κ1) is 20.6. The molecule has 5 aromatic heterocycles. The number of nitrogens with one attached hydrogen (secondary N) is 2. The predicted octanol–water partition coefficient (Wildman–Crippen LogP) is 7.41. The van der Waals surface area contributed by atoms with E-state index >= 15 is 0 Å². The van der Waals surface area contributed by atoms with E-state index in [1.807, 2.05) is 12.4 Å². The van der Waals surface area contributed by atoms with Crippen LogP contribution in [-0.2, 0) is 0 Å². The lowest BCUT2D eigenvalue weighted by atomic mass is 10.1. The average molecular weight is 503 g/mol. The zero-order chi connectivity index (χ0) is 25.5. The van der Waals surface area contributed by atoms with Gasteiger partial charge in [0.2, 0.25) is 11.0 Å². The van der Waals surface area contributed by atoms with E-state index in [2.05, 4.69) is 128 Å². The van der Waals surface area contributed by atoms with Gasteiger partial charge in [0, 0.05) is 34.3 Å². The Morgan fingerprint density at radius 3 is 1.41 bits per heavy atom. The topological polar surface area (TPSA) is 51.3 Å². The molecule has 0 amide bonds. The molecule has 0 aliphatic carbocycles. The molecule has 5 nitrogen and oxygen atoms in total. The number of hydrogen-bond acceptors (Lipinski definition) is 1. The third-order valence-corrected chi connectivity index (χ3v) is 7.93. The van der Waals surface area contributed by atoms with E-state index in [0.717, 1.165) is 55.4 Å².